The van der Waals surface area contributed by atoms with Crippen molar-refractivity contribution in [2.45, 2.75) is 38.6 Å². The highest BCUT2D eigenvalue weighted by atomic mass is 32.1. The van der Waals surface area contributed by atoms with Gasteiger partial charge in [-0.3, -0.25) is 14.5 Å². The van der Waals surface area contributed by atoms with Crippen molar-refractivity contribution in [2.75, 3.05) is 29.4 Å². The quantitative estimate of drug-likeness (QED) is 0.836. The van der Waals surface area contributed by atoms with E-state index in [-0.39, 0.29) is 17.7 Å². The number of nitrogens with one attached hydrogen (secondary N) is 1. The van der Waals surface area contributed by atoms with Crippen LogP contribution in [0.15, 0.2) is 30.3 Å². The molecule has 1 N–H and O–H groups in total. The lowest BCUT2D eigenvalue weighted by Gasteiger charge is -2.30. The Morgan fingerprint density at radius 2 is 1.82 bits per heavy atom. The fraction of sp³-hybridized carbons (Fsp3) is 0.500. The average molecular weight is 400 g/mol. The van der Waals surface area contributed by atoms with Gasteiger partial charge < -0.3 is 10.2 Å². The Hall–Kier alpha value is -2.48. The highest BCUT2D eigenvalue weighted by Crippen LogP contribution is 2.31. The minimum Gasteiger partial charge on any atom is -0.352 e. The van der Waals surface area contributed by atoms with Gasteiger partial charge in [0, 0.05) is 38.5 Å². The molecule has 2 amide bonds. The number of piperidine rings is 2. The molecule has 0 saturated carbocycles. The average Bonchev–Trinajstić information content (AvgIpc) is 3.23. The number of carbonyl (C=O) groups is 2. The molecule has 8 heteroatoms. The van der Waals surface area contributed by atoms with E-state index in [2.05, 4.69) is 20.4 Å². The Labute approximate surface area is 168 Å². The molecule has 4 rings (SSSR count). The van der Waals surface area contributed by atoms with Gasteiger partial charge in [-0.05, 0) is 31.2 Å². The monoisotopic (exact) mass is 399 g/mol. The van der Waals surface area contributed by atoms with Gasteiger partial charge in [-0.1, -0.05) is 41.7 Å². The van der Waals surface area contributed by atoms with Crippen molar-refractivity contribution >= 4 is 33.4 Å². The molecule has 0 bridgehead atoms. The maximum atomic E-state index is 12.5. The molecule has 0 aliphatic carbocycles. The molecule has 2 aliphatic rings. The molecule has 0 radical (unpaired) electrons. The predicted molar refractivity (Wildman–Crippen MR) is 109 cm³/mol. The summed E-state index contributed by atoms with van der Waals surface area (Å²) in [6.45, 7) is 2.87. The fourth-order valence-electron chi connectivity index (χ4n) is 3.72. The Kier molecular flexibility index (Phi) is 5.85. The van der Waals surface area contributed by atoms with Gasteiger partial charge in [-0.2, -0.15) is 0 Å². The first-order valence-electron chi connectivity index (χ1n) is 9.91. The summed E-state index contributed by atoms with van der Waals surface area (Å²) in [5.74, 6) is 0.305. The van der Waals surface area contributed by atoms with Crippen molar-refractivity contribution in [3.05, 3.63) is 35.9 Å². The van der Waals surface area contributed by atoms with Crippen molar-refractivity contribution in [3.63, 3.8) is 0 Å². The smallest absolute Gasteiger partial charge is 0.228 e. The summed E-state index contributed by atoms with van der Waals surface area (Å²) in [5, 5.41) is 13.1. The SMILES string of the molecule is O=C(NCc1ccccc1)C1CCN(c2nnc(N3CCCCC3=O)s2)CC1. The van der Waals surface area contributed by atoms with E-state index in [0.29, 0.717) is 18.1 Å². The number of nitrogens with zero attached hydrogens (tertiary/aromatic N) is 4. The molecule has 2 saturated heterocycles. The first kappa shape index (κ1) is 18.9. The van der Waals surface area contributed by atoms with E-state index in [1.165, 1.54) is 11.3 Å². The number of aromatic nitrogens is 2. The maximum Gasteiger partial charge on any atom is 0.228 e. The van der Waals surface area contributed by atoms with Crippen LogP contribution in [0.5, 0.6) is 0 Å². The molecule has 0 unspecified atom stereocenters. The van der Waals surface area contributed by atoms with Crippen LogP contribution in [0.25, 0.3) is 0 Å². The lowest BCUT2D eigenvalue weighted by atomic mass is 9.96. The zero-order chi connectivity index (χ0) is 19.3. The second-order valence-corrected chi connectivity index (χ2v) is 8.27. The van der Waals surface area contributed by atoms with Gasteiger partial charge in [0.15, 0.2) is 0 Å². The van der Waals surface area contributed by atoms with Gasteiger partial charge in [0.2, 0.25) is 22.1 Å². The van der Waals surface area contributed by atoms with Crippen LogP contribution in [0.2, 0.25) is 0 Å². The van der Waals surface area contributed by atoms with E-state index in [1.54, 1.807) is 4.90 Å². The largest absolute Gasteiger partial charge is 0.352 e. The lowest BCUT2D eigenvalue weighted by Crippen LogP contribution is -2.40. The van der Waals surface area contributed by atoms with Gasteiger partial charge in [0.1, 0.15) is 0 Å². The van der Waals surface area contributed by atoms with Crippen LogP contribution in [0, 0.1) is 5.92 Å². The fourth-order valence-corrected chi connectivity index (χ4v) is 4.66. The molecule has 1 aromatic heterocycles. The summed E-state index contributed by atoms with van der Waals surface area (Å²) in [6.07, 6.45) is 4.18. The summed E-state index contributed by atoms with van der Waals surface area (Å²) in [4.78, 5) is 28.5. The molecule has 28 heavy (non-hydrogen) atoms. The zero-order valence-electron chi connectivity index (χ0n) is 15.8. The second-order valence-electron chi connectivity index (χ2n) is 7.33. The third-order valence-electron chi connectivity index (χ3n) is 5.40. The number of carbonyl (C=O) groups excluding carboxylic acids is 2. The summed E-state index contributed by atoms with van der Waals surface area (Å²) >= 11 is 1.48. The van der Waals surface area contributed by atoms with Gasteiger partial charge in [0.25, 0.3) is 0 Å². The van der Waals surface area contributed by atoms with Crippen LogP contribution >= 0.6 is 11.3 Å². The third kappa shape index (κ3) is 4.32. The van der Waals surface area contributed by atoms with Crippen molar-refractivity contribution in [3.8, 4) is 0 Å². The van der Waals surface area contributed by atoms with Gasteiger partial charge >= 0.3 is 0 Å². The molecule has 2 aliphatic heterocycles. The van der Waals surface area contributed by atoms with E-state index in [1.807, 2.05) is 30.3 Å². The van der Waals surface area contributed by atoms with Crippen molar-refractivity contribution in [1.82, 2.24) is 15.5 Å². The number of hydrogen-bond acceptors (Lipinski definition) is 6. The van der Waals surface area contributed by atoms with Crippen LogP contribution in [-0.4, -0.2) is 41.6 Å². The standard InChI is InChI=1S/C20H25N5O2S/c26-17-8-4-5-11-25(17)20-23-22-19(28-20)24-12-9-16(10-13-24)18(27)21-14-15-6-2-1-3-7-15/h1-3,6-7,16H,4-5,8-14H2,(H,21,27). The van der Waals surface area contributed by atoms with Crippen LogP contribution in [0.1, 0.15) is 37.7 Å². The number of anilines is 2. The normalized spacial score (nSPS) is 18.4. The molecule has 7 nitrogen and oxygen atoms in total. The summed E-state index contributed by atoms with van der Waals surface area (Å²) in [6, 6.07) is 9.97. The molecular weight excluding hydrogens is 374 g/mol. The highest BCUT2D eigenvalue weighted by Gasteiger charge is 2.28. The molecule has 2 aromatic rings. The van der Waals surface area contributed by atoms with E-state index in [9.17, 15) is 9.59 Å². The number of benzene rings is 1. The van der Waals surface area contributed by atoms with E-state index >= 15 is 0 Å². The minimum atomic E-state index is 0.0380. The van der Waals surface area contributed by atoms with Crippen LogP contribution in [-0.2, 0) is 16.1 Å². The van der Waals surface area contributed by atoms with E-state index in [4.69, 9.17) is 0 Å². The van der Waals surface area contributed by atoms with Gasteiger partial charge in [0.05, 0.1) is 0 Å². The summed E-state index contributed by atoms with van der Waals surface area (Å²) in [5.41, 5.74) is 1.11. The van der Waals surface area contributed by atoms with Crippen molar-refractivity contribution in [1.29, 1.82) is 0 Å². The van der Waals surface area contributed by atoms with Crippen LogP contribution < -0.4 is 15.1 Å². The molecule has 148 valence electrons. The van der Waals surface area contributed by atoms with Crippen molar-refractivity contribution in [2.24, 2.45) is 5.92 Å². The first-order chi connectivity index (χ1) is 13.7. The van der Waals surface area contributed by atoms with Crippen molar-refractivity contribution < 1.29 is 9.59 Å². The minimum absolute atomic E-state index is 0.0380. The molecule has 0 atom stereocenters. The Morgan fingerprint density at radius 1 is 1.07 bits per heavy atom. The Morgan fingerprint density at radius 3 is 2.57 bits per heavy atom. The Balaban J connectivity index is 1.28. The predicted octanol–water partition coefficient (Wildman–Crippen LogP) is 2.59. The molecule has 2 fully saturated rings. The number of amides is 2. The molecular formula is C20H25N5O2S. The first-order valence-corrected chi connectivity index (χ1v) is 10.7. The zero-order valence-corrected chi connectivity index (χ0v) is 16.7. The molecule has 3 heterocycles. The molecule has 1 aromatic carbocycles. The van der Waals surface area contributed by atoms with Crippen LogP contribution in [0.3, 0.4) is 0 Å². The topological polar surface area (TPSA) is 78.4 Å². The lowest BCUT2D eigenvalue weighted by molar-refractivity contribution is -0.125. The highest BCUT2D eigenvalue weighted by molar-refractivity contribution is 7.19. The summed E-state index contributed by atoms with van der Waals surface area (Å²) in [7, 11) is 0. The van der Waals surface area contributed by atoms with Crippen LogP contribution in [0.4, 0.5) is 10.3 Å². The maximum absolute atomic E-state index is 12.5. The number of rotatable bonds is 5. The summed E-state index contributed by atoms with van der Waals surface area (Å²) < 4.78 is 0. The second kappa shape index (κ2) is 8.68. The third-order valence-corrected chi connectivity index (χ3v) is 6.41. The number of hydrogen-bond donors (Lipinski definition) is 1. The molecule has 0 spiro atoms. The van der Waals surface area contributed by atoms with E-state index in [0.717, 1.165) is 56.0 Å². The van der Waals surface area contributed by atoms with Gasteiger partial charge in [-0.25, -0.2) is 0 Å². The van der Waals surface area contributed by atoms with E-state index < -0.39 is 0 Å². The Bertz CT molecular complexity index is 817. The van der Waals surface area contributed by atoms with Gasteiger partial charge in [-0.15, -0.1) is 10.2 Å².